The molecule has 0 radical (unpaired) electrons. The van der Waals surface area contributed by atoms with E-state index in [0.717, 1.165) is 76.0 Å². The van der Waals surface area contributed by atoms with Crippen molar-refractivity contribution in [3.63, 3.8) is 0 Å². The van der Waals surface area contributed by atoms with E-state index in [-0.39, 0.29) is 30.1 Å². The van der Waals surface area contributed by atoms with Gasteiger partial charge in [0.1, 0.15) is 5.76 Å². The molecule has 2 N–H and O–H groups in total. The van der Waals surface area contributed by atoms with Crippen LogP contribution in [0.2, 0.25) is 0 Å². The van der Waals surface area contributed by atoms with Gasteiger partial charge in [0.15, 0.2) is 5.96 Å². The molecule has 1 atom stereocenters. The van der Waals surface area contributed by atoms with Crippen molar-refractivity contribution in [1.29, 1.82) is 0 Å². The Morgan fingerprint density at radius 1 is 1.17 bits per heavy atom. The minimum atomic E-state index is 0. The molecule has 0 spiro atoms. The lowest BCUT2D eigenvalue weighted by Gasteiger charge is -2.33. The normalized spacial score (nSPS) is 20.1. The highest BCUT2D eigenvalue weighted by molar-refractivity contribution is 14.0. The third-order valence-electron chi connectivity index (χ3n) is 5.39. The van der Waals surface area contributed by atoms with Crippen molar-refractivity contribution >= 4 is 35.9 Å². The van der Waals surface area contributed by atoms with Crippen LogP contribution in [0.1, 0.15) is 31.4 Å². The number of ether oxygens (including phenoxy) is 1. The zero-order valence-corrected chi connectivity index (χ0v) is 19.5. The lowest BCUT2D eigenvalue weighted by atomic mass is 10.1. The van der Waals surface area contributed by atoms with Crippen LogP contribution < -0.4 is 15.5 Å². The lowest BCUT2D eigenvalue weighted by molar-refractivity contribution is 0.117. The van der Waals surface area contributed by atoms with Crippen molar-refractivity contribution in [3.05, 3.63) is 42.6 Å². The van der Waals surface area contributed by atoms with Gasteiger partial charge in [-0.25, -0.2) is 9.97 Å². The summed E-state index contributed by atoms with van der Waals surface area (Å²) in [5, 5.41) is 7.07. The predicted molar refractivity (Wildman–Crippen MR) is 128 cm³/mol. The number of furan rings is 1. The molecule has 0 aliphatic carbocycles. The van der Waals surface area contributed by atoms with Crippen LogP contribution in [0.25, 0.3) is 0 Å². The summed E-state index contributed by atoms with van der Waals surface area (Å²) in [6.07, 6.45) is 10.7. The van der Waals surface area contributed by atoms with Crippen LogP contribution in [0.4, 0.5) is 5.95 Å². The third-order valence-corrected chi connectivity index (χ3v) is 5.39. The number of aliphatic imine (C=N–C) groups is 1. The van der Waals surface area contributed by atoms with Gasteiger partial charge in [-0.3, -0.25) is 4.99 Å². The number of halogens is 1. The van der Waals surface area contributed by atoms with Gasteiger partial charge in [0.2, 0.25) is 5.95 Å². The molecule has 9 heteroatoms. The molecular weight excluding hydrogens is 495 g/mol. The van der Waals surface area contributed by atoms with E-state index < -0.39 is 0 Å². The van der Waals surface area contributed by atoms with Crippen molar-refractivity contribution in [1.82, 2.24) is 20.6 Å². The third kappa shape index (κ3) is 6.83. The molecule has 0 amide bonds. The number of hydrogen-bond donors (Lipinski definition) is 2. The Morgan fingerprint density at radius 3 is 2.70 bits per heavy atom. The molecule has 0 saturated carbocycles. The molecule has 8 nitrogen and oxygen atoms in total. The molecule has 2 aliphatic rings. The quantitative estimate of drug-likeness (QED) is 0.326. The maximum absolute atomic E-state index is 5.72. The summed E-state index contributed by atoms with van der Waals surface area (Å²) in [5.74, 6) is 2.66. The minimum Gasteiger partial charge on any atom is -0.469 e. The second-order valence-corrected chi connectivity index (χ2v) is 7.53. The summed E-state index contributed by atoms with van der Waals surface area (Å²) in [5.41, 5.74) is 0. The van der Waals surface area contributed by atoms with Gasteiger partial charge in [-0.15, -0.1) is 24.0 Å². The zero-order valence-electron chi connectivity index (χ0n) is 17.2. The minimum absolute atomic E-state index is 0. The van der Waals surface area contributed by atoms with Gasteiger partial charge >= 0.3 is 0 Å². The van der Waals surface area contributed by atoms with Gasteiger partial charge < -0.3 is 24.7 Å². The van der Waals surface area contributed by atoms with Gasteiger partial charge in [0, 0.05) is 51.1 Å². The number of hydrogen-bond acceptors (Lipinski definition) is 6. The Bertz CT molecular complexity index is 744. The molecule has 2 aromatic heterocycles. The first kappa shape index (κ1) is 22.8. The molecule has 2 aliphatic heterocycles. The van der Waals surface area contributed by atoms with Gasteiger partial charge in [0.25, 0.3) is 0 Å². The first-order chi connectivity index (χ1) is 14.4. The van der Waals surface area contributed by atoms with E-state index in [4.69, 9.17) is 14.1 Å². The SMILES string of the molecule is I.c1cnc(N2CCC(NC(=NCC3CCCO3)NCCc3ccco3)CC2)nc1. The van der Waals surface area contributed by atoms with Crippen molar-refractivity contribution in [2.24, 2.45) is 4.99 Å². The summed E-state index contributed by atoms with van der Waals surface area (Å²) in [7, 11) is 0. The van der Waals surface area contributed by atoms with Gasteiger partial charge in [0.05, 0.1) is 18.9 Å². The maximum Gasteiger partial charge on any atom is 0.225 e. The average Bonchev–Trinajstić information content (AvgIpc) is 3.47. The second-order valence-electron chi connectivity index (χ2n) is 7.53. The van der Waals surface area contributed by atoms with Crippen molar-refractivity contribution in [3.8, 4) is 0 Å². The summed E-state index contributed by atoms with van der Waals surface area (Å²) < 4.78 is 11.1. The molecule has 0 aromatic carbocycles. The second kappa shape index (κ2) is 12.1. The van der Waals surface area contributed by atoms with Gasteiger partial charge in [-0.05, 0) is 43.9 Å². The molecular formula is C21H31IN6O2. The van der Waals surface area contributed by atoms with E-state index in [0.29, 0.717) is 12.6 Å². The molecule has 4 heterocycles. The number of aromatic nitrogens is 2. The summed E-state index contributed by atoms with van der Waals surface area (Å²) >= 11 is 0. The highest BCUT2D eigenvalue weighted by Gasteiger charge is 2.22. The Kier molecular flexibility index (Phi) is 9.19. The van der Waals surface area contributed by atoms with E-state index in [1.165, 1.54) is 0 Å². The Balaban J connectivity index is 0.00000256. The van der Waals surface area contributed by atoms with Crippen LogP contribution in [0.5, 0.6) is 0 Å². The molecule has 30 heavy (non-hydrogen) atoms. The van der Waals surface area contributed by atoms with E-state index >= 15 is 0 Å². The fourth-order valence-electron chi connectivity index (χ4n) is 3.76. The fraction of sp³-hybridized carbons (Fsp3) is 0.571. The summed E-state index contributed by atoms with van der Waals surface area (Å²) in [6.45, 7) is 4.21. The van der Waals surface area contributed by atoms with Crippen molar-refractivity contribution in [2.75, 3.05) is 37.7 Å². The average molecular weight is 526 g/mol. The Hall–Kier alpha value is -1.88. The van der Waals surface area contributed by atoms with Crippen LogP contribution in [0, 0.1) is 0 Å². The number of rotatable bonds is 7. The molecule has 0 bridgehead atoms. The van der Waals surface area contributed by atoms with Crippen LogP contribution >= 0.6 is 24.0 Å². The Morgan fingerprint density at radius 2 is 2.00 bits per heavy atom. The van der Waals surface area contributed by atoms with E-state index in [1.807, 2.05) is 18.2 Å². The lowest BCUT2D eigenvalue weighted by Crippen LogP contribution is -2.49. The van der Waals surface area contributed by atoms with Crippen LogP contribution in [-0.2, 0) is 11.2 Å². The predicted octanol–water partition coefficient (Wildman–Crippen LogP) is 2.61. The van der Waals surface area contributed by atoms with Crippen molar-refractivity contribution in [2.45, 2.75) is 44.2 Å². The van der Waals surface area contributed by atoms with E-state index in [2.05, 4.69) is 25.5 Å². The van der Waals surface area contributed by atoms with Crippen LogP contribution in [0.3, 0.4) is 0 Å². The largest absolute Gasteiger partial charge is 0.469 e. The first-order valence-corrected chi connectivity index (χ1v) is 10.6. The standard InChI is InChI=1S/C21H30N6O2.HI/c1-4-18(28-14-1)6-11-22-20(25-16-19-5-2-15-29-19)26-17-7-12-27(13-8-17)21-23-9-3-10-24-21;/h1,3-4,9-10,14,17,19H,2,5-8,11-13,15-16H2,(H2,22,25,26);1H. The number of anilines is 1. The van der Waals surface area contributed by atoms with E-state index in [9.17, 15) is 0 Å². The van der Waals surface area contributed by atoms with Crippen LogP contribution in [0.15, 0.2) is 46.3 Å². The zero-order chi connectivity index (χ0) is 19.7. The number of nitrogens with one attached hydrogen (secondary N) is 2. The molecule has 4 rings (SSSR count). The molecule has 2 aromatic rings. The highest BCUT2D eigenvalue weighted by atomic mass is 127. The van der Waals surface area contributed by atoms with E-state index in [1.54, 1.807) is 18.7 Å². The summed E-state index contributed by atoms with van der Waals surface area (Å²) in [6, 6.07) is 6.15. The molecule has 2 fully saturated rings. The topological polar surface area (TPSA) is 87.8 Å². The Labute approximate surface area is 194 Å². The molecule has 164 valence electrons. The summed E-state index contributed by atoms with van der Waals surface area (Å²) in [4.78, 5) is 15.8. The first-order valence-electron chi connectivity index (χ1n) is 10.6. The molecule has 1 unspecified atom stereocenters. The van der Waals surface area contributed by atoms with Gasteiger partial charge in [-0.1, -0.05) is 0 Å². The fourth-order valence-corrected chi connectivity index (χ4v) is 3.76. The van der Waals surface area contributed by atoms with Crippen LogP contribution in [-0.4, -0.2) is 60.9 Å². The number of piperidine rings is 1. The number of nitrogens with zero attached hydrogens (tertiary/aromatic N) is 4. The molecule has 2 saturated heterocycles. The number of guanidine groups is 1. The van der Waals surface area contributed by atoms with Gasteiger partial charge in [-0.2, -0.15) is 0 Å². The van der Waals surface area contributed by atoms with Crippen molar-refractivity contribution < 1.29 is 9.15 Å². The monoisotopic (exact) mass is 526 g/mol. The highest BCUT2D eigenvalue weighted by Crippen LogP contribution is 2.15. The smallest absolute Gasteiger partial charge is 0.225 e. The maximum atomic E-state index is 5.72.